The van der Waals surface area contributed by atoms with Crippen molar-refractivity contribution in [2.75, 3.05) is 5.32 Å². The van der Waals surface area contributed by atoms with Gasteiger partial charge in [-0.3, -0.25) is 14.9 Å². The molecular formula is C23H22N4O3S2. The predicted octanol–water partition coefficient (Wildman–Crippen LogP) is 5.29. The summed E-state index contributed by atoms with van der Waals surface area (Å²) < 4.78 is 5.72. The van der Waals surface area contributed by atoms with Crippen molar-refractivity contribution in [1.29, 1.82) is 0 Å². The first-order valence-corrected chi connectivity index (χ1v) is 11.8. The molecule has 0 aliphatic heterocycles. The molecule has 2 N–H and O–H groups in total. The van der Waals surface area contributed by atoms with Gasteiger partial charge in [0, 0.05) is 17.9 Å². The first-order chi connectivity index (χ1) is 15.4. The summed E-state index contributed by atoms with van der Waals surface area (Å²) in [5, 5.41) is 8.66. The lowest BCUT2D eigenvalue weighted by Crippen LogP contribution is -2.18. The number of anilines is 1. The number of rotatable bonds is 7. The average Bonchev–Trinajstić information content (AvgIpc) is 3.52. The number of furan rings is 1. The van der Waals surface area contributed by atoms with E-state index in [-0.39, 0.29) is 11.8 Å². The molecule has 0 aliphatic rings. The number of amides is 2. The molecule has 3 aromatic heterocycles. The van der Waals surface area contributed by atoms with Crippen LogP contribution in [0, 0.1) is 6.92 Å². The minimum absolute atomic E-state index is 0.124. The molecule has 9 heteroatoms. The fourth-order valence-corrected chi connectivity index (χ4v) is 4.70. The number of carbonyl (C=O) groups excluding carboxylic acids is 2. The van der Waals surface area contributed by atoms with E-state index in [2.05, 4.69) is 39.7 Å². The van der Waals surface area contributed by atoms with Gasteiger partial charge < -0.3 is 9.73 Å². The first kappa shape index (κ1) is 21.9. The van der Waals surface area contributed by atoms with E-state index in [1.165, 1.54) is 35.2 Å². The molecule has 0 radical (unpaired) electrons. The third-order valence-corrected chi connectivity index (χ3v) is 6.73. The lowest BCUT2D eigenvalue weighted by Gasteiger charge is -1.99. The highest BCUT2D eigenvalue weighted by Gasteiger charge is 2.18. The molecule has 7 nitrogen and oxygen atoms in total. The molecule has 2 amide bonds. The third kappa shape index (κ3) is 4.95. The predicted molar refractivity (Wildman–Crippen MR) is 127 cm³/mol. The summed E-state index contributed by atoms with van der Waals surface area (Å²) in [6.07, 6.45) is 0.981. The Bertz CT molecular complexity index is 1250. The van der Waals surface area contributed by atoms with Gasteiger partial charge in [-0.05, 0) is 31.0 Å². The SMILES string of the molecule is CCc1ccc(-c2nc(C)c(C(=O)Nc3nc(-c4ccc(CNC(C)=O)o4)cs3)s2)cc1. The van der Waals surface area contributed by atoms with Gasteiger partial charge in [-0.2, -0.15) is 0 Å². The van der Waals surface area contributed by atoms with Gasteiger partial charge in [-0.15, -0.1) is 22.7 Å². The Morgan fingerprint density at radius 1 is 1.09 bits per heavy atom. The third-order valence-electron chi connectivity index (χ3n) is 4.76. The smallest absolute Gasteiger partial charge is 0.269 e. The highest BCUT2D eigenvalue weighted by atomic mass is 32.1. The Kier molecular flexibility index (Phi) is 6.48. The quantitative estimate of drug-likeness (QED) is 0.386. The summed E-state index contributed by atoms with van der Waals surface area (Å²) in [6, 6.07) is 11.8. The molecule has 0 bridgehead atoms. The summed E-state index contributed by atoms with van der Waals surface area (Å²) in [4.78, 5) is 33.5. The highest BCUT2D eigenvalue weighted by Crippen LogP contribution is 2.30. The molecule has 0 aliphatic carbocycles. The molecule has 0 saturated heterocycles. The van der Waals surface area contributed by atoms with Gasteiger partial charge in [-0.1, -0.05) is 31.2 Å². The largest absolute Gasteiger partial charge is 0.458 e. The second-order valence-electron chi connectivity index (χ2n) is 7.15. The maximum Gasteiger partial charge on any atom is 0.269 e. The standard InChI is InChI=1S/C23H22N4O3S2/c1-4-15-5-7-16(8-6-15)22-25-13(2)20(32-22)21(29)27-23-26-18(12-31-23)19-10-9-17(30-19)11-24-14(3)28/h5-10,12H,4,11H2,1-3H3,(H,24,28)(H,26,27,29). The van der Waals surface area contributed by atoms with E-state index in [4.69, 9.17) is 4.42 Å². The number of nitrogens with one attached hydrogen (secondary N) is 2. The zero-order valence-electron chi connectivity index (χ0n) is 17.9. The van der Waals surface area contributed by atoms with Crippen molar-refractivity contribution in [3.8, 4) is 22.0 Å². The number of hydrogen-bond acceptors (Lipinski definition) is 7. The van der Waals surface area contributed by atoms with Crippen molar-refractivity contribution in [1.82, 2.24) is 15.3 Å². The van der Waals surface area contributed by atoms with Crippen LogP contribution in [0.4, 0.5) is 5.13 Å². The molecular weight excluding hydrogens is 444 g/mol. The van der Waals surface area contributed by atoms with E-state index in [0.717, 1.165) is 17.0 Å². The fraction of sp³-hybridized carbons (Fsp3) is 0.217. The van der Waals surface area contributed by atoms with E-state index in [1.807, 2.05) is 24.4 Å². The Morgan fingerprint density at radius 2 is 1.88 bits per heavy atom. The summed E-state index contributed by atoms with van der Waals surface area (Å²) >= 11 is 2.69. The average molecular weight is 467 g/mol. The van der Waals surface area contributed by atoms with Crippen molar-refractivity contribution in [3.05, 3.63) is 63.7 Å². The second kappa shape index (κ2) is 9.46. The van der Waals surface area contributed by atoms with E-state index in [1.54, 1.807) is 12.1 Å². The van der Waals surface area contributed by atoms with Crippen molar-refractivity contribution in [2.24, 2.45) is 0 Å². The van der Waals surface area contributed by atoms with Crippen LogP contribution in [0.25, 0.3) is 22.0 Å². The Hall–Kier alpha value is -3.30. The van der Waals surface area contributed by atoms with Crippen molar-refractivity contribution < 1.29 is 14.0 Å². The molecule has 0 spiro atoms. The molecule has 1 aromatic carbocycles. The van der Waals surface area contributed by atoms with E-state index >= 15 is 0 Å². The normalized spacial score (nSPS) is 10.8. The molecule has 0 fully saturated rings. The number of thiazole rings is 2. The summed E-state index contributed by atoms with van der Waals surface area (Å²) in [7, 11) is 0. The number of carbonyl (C=O) groups is 2. The van der Waals surface area contributed by atoms with Gasteiger partial charge >= 0.3 is 0 Å². The second-order valence-corrected chi connectivity index (χ2v) is 9.01. The van der Waals surface area contributed by atoms with E-state index in [9.17, 15) is 9.59 Å². The molecule has 164 valence electrons. The van der Waals surface area contributed by atoms with Crippen LogP contribution in [0.15, 0.2) is 46.2 Å². The van der Waals surface area contributed by atoms with Gasteiger partial charge in [-0.25, -0.2) is 9.97 Å². The fourth-order valence-electron chi connectivity index (χ4n) is 3.03. The number of benzene rings is 1. The number of hydrogen-bond donors (Lipinski definition) is 2. The van der Waals surface area contributed by atoms with Crippen molar-refractivity contribution >= 4 is 39.6 Å². The maximum absolute atomic E-state index is 12.8. The molecule has 3 heterocycles. The molecule has 0 saturated carbocycles. The van der Waals surface area contributed by atoms with Crippen molar-refractivity contribution in [3.63, 3.8) is 0 Å². The minimum Gasteiger partial charge on any atom is -0.458 e. The number of aryl methyl sites for hydroxylation is 2. The van der Waals surface area contributed by atoms with Gasteiger partial charge in [0.05, 0.1) is 12.2 Å². The molecule has 4 aromatic rings. The van der Waals surface area contributed by atoms with Crippen LogP contribution in [0.1, 0.15) is 40.5 Å². The maximum atomic E-state index is 12.8. The summed E-state index contributed by atoms with van der Waals surface area (Å²) in [6.45, 7) is 5.72. The van der Waals surface area contributed by atoms with Gasteiger partial charge in [0.15, 0.2) is 10.9 Å². The van der Waals surface area contributed by atoms with Crippen LogP contribution >= 0.6 is 22.7 Å². The Labute approximate surface area is 193 Å². The monoisotopic (exact) mass is 466 g/mol. The lowest BCUT2D eigenvalue weighted by molar-refractivity contribution is -0.119. The Balaban J connectivity index is 1.45. The van der Waals surface area contributed by atoms with E-state index < -0.39 is 0 Å². The van der Waals surface area contributed by atoms with Crippen molar-refractivity contribution in [2.45, 2.75) is 33.7 Å². The number of aromatic nitrogens is 2. The van der Waals surface area contributed by atoms with Crippen LogP contribution in [0.3, 0.4) is 0 Å². The van der Waals surface area contributed by atoms with Crippen LogP contribution < -0.4 is 10.6 Å². The molecule has 4 rings (SSSR count). The zero-order chi connectivity index (χ0) is 22.7. The minimum atomic E-state index is -0.233. The summed E-state index contributed by atoms with van der Waals surface area (Å²) in [5.74, 6) is 0.853. The first-order valence-electron chi connectivity index (χ1n) is 10.1. The molecule has 0 unspecified atom stereocenters. The van der Waals surface area contributed by atoms with Crippen LogP contribution in [0.5, 0.6) is 0 Å². The van der Waals surface area contributed by atoms with Gasteiger partial charge in [0.25, 0.3) is 5.91 Å². The zero-order valence-corrected chi connectivity index (χ0v) is 19.5. The summed E-state index contributed by atoms with van der Waals surface area (Å²) in [5.41, 5.74) is 3.57. The van der Waals surface area contributed by atoms with E-state index in [0.29, 0.717) is 39.5 Å². The van der Waals surface area contributed by atoms with Crippen LogP contribution in [0.2, 0.25) is 0 Å². The van der Waals surface area contributed by atoms with Gasteiger partial charge in [0.2, 0.25) is 5.91 Å². The Morgan fingerprint density at radius 3 is 2.59 bits per heavy atom. The topological polar surface area (TPSA) is 97.1 Å². The van der Waals surface area contributed by atoms with Crippen LogP contribution in [-0.2, 0) is 17.8 Å². The highest BCUT2D eigenvalue weighted by molar-refractivity contribution is 7.17. The molecule has 32 heavy (non-hydrogen) atoms. The van der Waals surface area contributed by atoms with Crippen LogP contribution in [-0.4, -0.2) is 21.8 Å². The molecule has 0 atom stereocenters. The number of nitrogens with zero attached hydrogens (tertiary/aromatic N) is 2. The lowest BCUT2D eigenvalue weighted by atomic mass is 10.1. The van der Waals surface area contributed by atoms with Gasteiger partial charge in [0.1, 0.15) is 21.3 Å².